The lowest BCUT2D eigenvalue weighted by molar-refractivity contribution is 0.0939. The zero-order chi connectivity index (χ0) is 17.1. The number of rotatable bonds is 3. The van der Waals surface area contributed by atoms with E-state index < -0.39 is 6.09 Å². The Morgan fingerprint density at radius 2 is 2.17 bits per heavy atom. The molecule has 2 aromatic rings. The van der Waals surface area contributed by atoms with Gasteiger partial charge in [0.05, 0.1) is 37.7 Å². The second-order valence-corrected chi connectivity index (χ2v) is 5.68. The van der Waals surface area contributed by atoms with E-state index in [-0.39, 0.29) is 12.5 Å². The van der Waals surface area contributed by atoms with Crippen molar-refractivity contribution in [1.82, 2.24) is 25.0 Å². The number of amides is 2. The summed E-state index contributed by atoms with van der Waals surface area (Å²) in [7, 11) is 1.34. The van der Waals surface area contributed by atoms with Gasteiger partial charge in [0, 0.05) is 19.3 Å². The van der Waals surface area contributed by atoms with Crippen LogP contribution >= 0.6 is 11.6 Å². The van der Waals surface area contributed by atoms with Gasteiger partial charge in [0.15, 0.2) is 0 Å². The molecule has 0 spiro atoms. The van der Waals surface area contributed by atoms with Gasteiger partial charge in [-0.15, -0.1) is 0 Å². The summed E-state index contributed by atoms with van der Waals surface area (Å²) in [5.74, 6) is -0.252. The molecule has 3 heterocycles. The van der Waals surface area contributed by atoms with Crippen molar-refractivity contribution in [2.45, 2.75) is 19.6 Å². The fraction of sp³-hybridized carbons (Fsp3) is 0.333. The molecule has 0 fully saturated rings. The second kappa shape index (κ2) is 6.88. The summed E-state index contributed by atoms with van der Waals surface area (Å²) in [6.45, 7) is 1.64. The van der Waals surface area contributed by atoms with Crippen LogP contribution in [0.4, 0.5) is 4.79 Å². The van der Waals surface area contributed by atoms with E-state index in [1.165, 1.54) is 18.2 Å². The first-order valence-corrected chi connectivity index (χ1v) is 7.72. The topological polar surface area (TPSA) is 89.4 Å². The first-order valence-electron chi connectivity index (χ1n) is 7.34. The standard InChI is InChI=1S/C15H16ClN5O3/c1-24-15(23)20-4-5-21-12(9-20)11(8-19-21)14(22)18-7-10-2-3-13(16)17-6-10/h2-3,6,8H,4-5,7,9H2,1H3,(H,18,22). The molecular formula is C15H16ClN5O3. The fourth-order valence-electron chi connectivity index (χ4n) is 2.51. The highest BCUT2D eigenvalue weighted by molar-refractivity contribution is 6.29. The predicted octanol–water partition coefficient (Wildman–Crippen LogP) is 1.44. The lowest BCUT2D eigenvalue weighted by Gasteiger charge is -2.26. The Bertz CT molecular complexity index is 759. The lowest BCUT2D eigenvalue weighted by Crippen LogP contribution is -2.39. The molecule has 8 nitrogen and oxygen atoms in total. The molecule has 2 amide bonds. The fourth-order valence-corrected chi connectivity index (χ4v) is 2.62. The highest BCUT2D eigenvalue weighted by atomic mass is 35.5. The highest BCUT2D eigenvalue weighted by Gasteiger charge is 2.26. The Balaban J connectivity index is 1.69. The molecule has 0 unspecified atom stereocenters. The molecule has 2 aromatic heterocycles. The summed E-state index contributed by atoms with van der Waals surface area (Å²) in [6, 6.07) is 3.46. The van der Waals surface area contributed by atoms with Crippen LogP contribution in [-0.4, -0.2) is 45.3 Å². The van der Waals surface area contributed by atoms with Crippen molar-refractivity contribution < 1.29 is 14.3 Å². The predicted molar refractivity (Wildman–Crippen MR) is 85.5 cm³/mol. The number of hydrogen-bond acceptors (Lipinski definition) is 5. The van der Waals surface area contributed by atoms with E-state index in [2.05, 4.69) is 15.4 Å². The molecule has 0 saturated heterocycles. The average molecular weight is 350 g/mol. The van der Waals surface area contributed by atoms with Gasteiger partial charge < -0.3 is 15.0 Å². The molecule has 0 aromatic carbocycles. The van der Waals surface area contributed by atoms with Crippen LogP contribution < -0.4 is 5.32 Å². The molecule has 9 heteroatoms. The number of methoxy groups -OCH3 is 1. The minimum absolute atomic E-state index is 0.252. The molecule has 3 rings (SSSR count). The molecule has 0 atom stereocenters. The minimum Gasteiger partial charge on any atom is -0.453 e. The summed E-state index contributed by atoms with van der Waals surface area (Å²) < 4.78 is 6.47. The van der Waals surface area contributed by atoms with Crippen LogP contribution in [0.1, 0.15) is 21.6 Å². The highest BCUT2D eigenvalue weighted by Crippen LogP contribution is 2.17. The third-order valence-electron chi connectivity index (χ3n) is 3.79. The first-order chi connectivity index (χ1) is 11.6. The van der Waals surface area contributed by atoms with Crippen LogP contribution in [0.25, 0.3) is 0 Å². The Kier molecular flexibility index (Phi) is 4.66. The average Bonchev–Trinajstić information content (AvgIpc) is 3.03. The third kappa shape index (κ3) is 3.33. The molecule has 24 heavy (non-hydrogen) atoms. The molecular weight excluding hydrogens is 334 g/mol. The van der Waals surface area contributed by atoms with Crippen molar-refractivity contribution in [2.24, 2.45) is 0 Å². The third-order valence-corrected chi connectivity index (χ3v) is 4.01. The van der Waals surface area contributed by atoms with Crippen LogP contribution in [0.3, 0.4) is 0 Å². The Labute approximate surface area is 143 Å². The Morgan fingerprint density at radius 1 is 1.33 bits per heavy atom. The zero-order valence-corrected chi connectivity index (χ0v) is 13.8. The van der Waals surface area contributed by atoms with E-state index in [4.69, 9.17) is 16.3 Å². The Morgan fingerprint density at radius 3 is 2.88 bits per heavy atom. The van der Waals surface area contributed by atoms with Crippen LogP contribution in [-0.2, 0) is 24.4 Å². The number of hydrogen-bond donors (Lipinski definition) is 1. The van der Waals surface area contributed by atoms with E-state index in [9.17, 15) is 9.59 Å². The van der Waals surface area contributed by atoms with Crippen molar-refractivity contribution in [3.8, 4) is 0 Å². The molecule has 1 aliphatic rings. The van der Waals surface area contributed by atoms with Gasteiger partial charge in [-0.25, -0.2) is 9.78 Å². The first kappa shape index (κ1) is 16.3. The van der Waals surface area contributed by atoms with Crippen LogP contribution in [0.2, 0.25) is 5.15 Å². The minimum atomic E-state index is -0.416. The molecule has 0 aliphatic carbocycles. The van der Waals surface area contributed by atoms with Gasteiger partial charge in [-0.3, -0.25) is 9.48 Å². The normalized spacial score (nSPS) is 13.3. The summed E-state index contributed by atoms with van der Waals surface area (Å²) in [5.41, 5.74) is 1.98. The number of nitrogens with one attached hydrogen (secondary N) is 1. The van der Waals surface area contributed by atoms with Gasteiger partial charge in [0.25, 0.3) is 5.91 Å². The van der Waals surface area contributed by atoms with E-state index in [1.807, 2.05) is 0 Å². The van der Waals surface area contributed by atoms with Crippen molar-refractivity contribution in [3.63, 3.8) is 0 Å². The van der Waals surface area contributed by atoms with Crippen molar-refractivity contribution in [3.05, 3.63) is 46.5 Å². The van der Waals surface area contributed by atoms with E-state index in [1.54, 1.807) is 23.0 Å². The van der Waals surface area contributed by atoms with Crippen molar-refractivity contribution in [2.75, 3.05) is 13.7 Å². The summed E-state index contributed by atoms with van der Waals surface area (Å²) in [6.07, 6.45) is 2.71. The number of fused-ring (bicyclic) bond motifs is 1. The summed E-state index contributed by atoms with van der Waals surface area (Å²) in [5, 5.41) is 7.43. The van der Waals surface area contributed by atoms with Crippen LogP contribution in [0.15, 0.2) is 24.5 Å². The van der Waals surface area contributed by atoms with E-state index in [0.29, 0.717) is 36.0 Å². The molecule has 0 radical (unpaired) electrons. The maximum absolute atomic E-state index is 12.4. The van der Waals surface area contributed by atoms with E-state index in [0.717, 1.165) is 5.56 Å². The zero-order valence-electron chi connectivity index (χ0n) is 13.0. The summed E-state index contributed by atoms with van der Waals surface area (Å²) >= 11 is 5.73. The lowest BCUT2D eigenvalue weighted by atomic mass is 10.2. The smallest absolute Gasteiger partial charge is 0.409 e. The van der Waals surface area contributed by atoms with Gasteiger partial charge in [-0.05, 0) is 11.6 Å². The molecule has 0 bridgehead atoms. The van der Waals surface area contributed by atoms with E-state index >= 15 is 0 Å². The molecule has 1 aliphatic heterocycles. The van der Waals surface area contributed by atoms with Crippen molar-refractivity contribution >= 4 is 23.6 Å². The second-order valence-electron chi connectivity index (χ2n) is 5.29. The van der Waals surface area contributed by atoms with Gasteiger partial charge >= 0.3 is 6.09 Å². The monoisotopic (exact) mass is 349 g/mol. The maximum atomic E-state index is 12.4. The largest absolute Gasteiger partial charge is 0.453 e. The number of carbonyl (C=O) groups excluding carboxylic acids is 2. The molecule has 126 valence electrons. The molecule has 1 N–H and O–H groups in total. The summed E-state index contributed by atoms with van der Waals surface area (Å²) in [4.78, 5) is 29.6. The SMILES string of the molecule is COC(=O)N1CCn2ncc(C(=O)NCc3ccc(Cl)nc3)c2C1. The van der Waals surface area contributed by atoms with Crippen molar-refractivity contribution in [1.29, 1.82) is 0 Å². The number of halogens is 1. The maximum Gasteiger partial charge on any atom is 0.409 e. The number of nitrogens with zero attached hydrogens (tertiary/aromatic N) is 4. The quantitative estimate of drug-likeness (QED) is 0.847. The number of carbonyl (C=O) groups is 2. The van der Waals surface area contributed by atoms with Gasteiger partial charge in [0.1, 0.15) is 5.15 Å². The van der Waals surface area contributed by atoms with Gasteiger partial charge in [0.2, 0.25) is 0 Å². The Hall–Kier alpha value is -2.61. The van der Waals surface area contributed by atoms with Gasteiger partial charge in [-0.2, -0.15) is 5.10 Å². The molecule has 0 saturated carbocycles. The van der Waals surface area contributed by atoms with Crippen LogP contribution in [0.5, 0.6) is 0 Å². The van der Waals surface area contributed by atoms with Crippen LogP contribution in [0, 0.1) is 0 Å². The number of aromatic nitrogens is 3. The number of ether oxygens (including phenoxy) is 1. The number of pyridine rings is 1. The van der Waals surface area contributed by atoms with Gasteiger partial charge in [-0.1, -0.05) is 17.7 Å².